The normalized spacial score (nSPS) is 11.0. The van der Waals surface area contributed by atoms with Crippen LogP contribution >= 0.6 is 11.6 Å². The van der Waals surface area contributed by atoms with Crippen LogP contribution in [-0.2, 0) is 10.9 Å². The number of ether oxygens (including phenoxy) is 1. The maximum atomic E-state index is 13.7. The molecule has 0 spiro atoms. The molecule has 166 valence electrons. The van der Waals surface area contributed by atoms with E-state index in [-0.39, 0.29) is 23.0 Å². The van der Waals surface area contributed by atoms with Gasteiger partial charge in [-0.05, 0) is 37.3 Å². The number of alkyl halides is 3. The zero-order valence-electron chi connectivity index (χ0n) is 16.7. The van der Waals surface area contributed by atoms with E-state index in [4.69, 9.17) is 11.6 Å². The van der Waals surface area contributed by atoms with Crippen LogP contribution < -0.4 is 5.56 Å². The Kier molecular flexibility index (Phi) is 7.61. The van der Waals surface area contributed by atoms with Crippen molar-refractivity contribution in [1.29, 1.82) is 0 Å². The molecule has 0 saturated carbocycles. The van der Waals surface area contributed by atoms with Crippen LogP contribution in [0.1, 0.15) is 36.8 Å². The second kappa shape index (κ2) is 9.78. The lowest BCUT2D eigenvalue weighted by atomic mass is 10.2. The van der Waals surface area contributed by atoms with E-state index in [0.717, 1.165) is 10.8 Å². The van der Waals surface area contributed by atoms with Crippen LogP contribution in [0, 0.1) is 5.82 Å². The Bertz CT molecular complexity index is 1120. The van der Waals surface area contributed by atoms with Crippen LogP contribution in [0.2, 0.25) is 5.02 Å². The molecule has 3 rings (SSSR count). The first-order valence-corrected chi connectivity index (χ1v) is 9.52. The zero-order chi connectivity index (χ0) is 23.3. The van der Waals surface area contributed by atoms with E-state index in [1.165, 1.54) is 43.5 Å². The highest BCUT2D eigenvalue weighted by Crippen LogP contribution is 2.34. The Morgan fingerprint density at radius 2 is 1.71 bits per heavy atom. The number of esters is 1. The predicted octanol–water partition coefficient (Wildman–Crippen LogP) is 5.04. The lowest BCUT2D eigenvalue weighted by Gasteiger charge is -2.13. The number of hydrogen-bond acceptors (Lipinski definition) is 4. The average Bonchev–Trinajstić information content (AvgIpc) is 3.20. The minimum absolute atomic E-state index is 0.0286. The standard InChI is InChI=1S/C18H12ClF4N3O3.C2H6/c1-2-29-17(28)12-9-24-26(15(12)18(21,22)23)11-5-3-10(4-6-11)25-8-7-13(19)14(20)16(25)27;1-2/h3-9H,2H2,1H3;1-2H3. The SMILES string of the molecule is CC.CCOC(=O)c1cnn(-c2ccc(-n3ccc(Cl)c(F)c3=O)cc2)c1C(F)(F)F. The third kappa shape index (κ3) is 4.96. The fourth-order valence-corrected chi connectivity index (χ4v) is 2.76. The van der Waals surface area contributed by atoms with Crippen molar-refractivity contribution >= 4 is 17.6 Å². The molecular formula is C20H18ClF4N3O3. The summed E-state index contributed by atoms with van der Waals surface area (Å²) in [4.78, 5) is 23.8. The van der Waals surface area contributed by atoms with Crippen molar-refractivity contribution in [2.75, 3.05) is 6.61 Å². The Morgan fingerprint density at radius 3 is 2.26 bits per heavy atom. The summed E-state index contributed by atoms with van der Waals surface area (Å²) in [6.45, 7) is 5.37. The summed E-state index contributed by atoms with van der Waals surface area (Å²) < 4.78 is 60.5. The van der Waals surface area contributed by atoms with Crippen molar-refractivity contribution in [2.24, 2.45) is 0 Å². The van der Waals surface area contributed by atoms with Crippen LogP contribution in [0.5, 0.6) is 0 Å². The first kappa shape index (κ1) is 24.1. The van der Waals surface area contributed by atoms with Crippen LogP contribution in [0.3, 0.4) is 0 Å². The smallest absolute Gasteiger partial charge is 0.434 e. The Hall–Kier alpha value is -3.14. The lowest BCUT2D eigenvalue weighted by molar-refractivity contribution is -0.143. The monoisotopic (exact) mass is 459 g/mol. The molecule has 0 radical (unpaired) electrons. The van der Waals surface area contributed by atoms with Crippen molar-refractivity contribution in [1.82, 2.24) is 14.3 Å². The lowest BCUT2D eigenvalue weighted by Crippen LogP contribution is -2.21. The molecule has 0 unspecified atom stereocenters. The van der Waals surface area contributed by atoms with Gasteiger partial charge in [0, 0.05) is 11.9 Å². The van der Waals surface area contributed by atoms with E-state index in [9.17, 15) is 27.2 Å². The fraction of sp³-hybridized carbons (Fsp3) is 0.250. The first-order chi connectivity index (χ1) is 14.6. The van der Waals surface area contributed by atoms with Crippen LogP contribution in [0.15, 0.2) is 47.5 Å². The van der Waals surface area contributed by atoms with E-state index >= 15 is 0 Å². The molecule has 6 nitrogen and oxygen atoms in total. The number of aromatic nitrogens is 3. The third-order valence-electron chi connectivity index (χ3n) is 3.89. The molecule has 1 aromatic carbocycles. The third-order valence-corrected chi connectivity index (χ3v) is 4.18. The molecule has 2 aromatic heterocycles. The van der Waals surface area contributed by atoms with Gasteiger partial charge < -0.3 is 4.74 Å². The van der Waals surface area contributed by atoms with Crippen molar-refractivity contribution in [3.8, 4) is 11.4 Å². The fourth-order valence-electron chi connectivity index (χ4n) is 2.62. The molecule has 0 amide bonds. The van der Waals surface area contributed by atoms with Crippen molar-refractivity contribution in [2.45, 2.75) is 26.9 Å². The Morgan fingerprint density at radius 1 is 1.13 bits per heavy atom. The zero-order valence-corrected chi connectivity index (χ0v) is 17.5. The molecule has 31 heavy (non-hydrogen) atoms. The molecule has 0 aliphatic heterocycles. The molecule has 0 aliphatic carbocycles. The molecule has 0 saturated heterocycles. The van der Waals surface area contributed by atoms with Gasteiger partial charge in [-0.25, -0.2) is 9.48 Å². The minimum Gasteiger partial charge on any atom is -0.462 e. The molecule has 3 aromatic rings. The highest BCUT2D eigenvalue weighted by atomic mass is 35.5. The minimum atomic E-state index is -4.88. The second-order valence-corrected chi connectivity index (χ2v) is 6.11. The topological polar surface area (TPSA) is 66.1 Å². The summed E-state index contributed by atoms with van der Waals surface area (Å²) in [6, 6.07) is 6.26. The number of rotatable bonds is 4. The summed E-state index contributed by atoms with van der Waals surface area (Å²) in [5, 5.41) is 3.31. The van der Waals surface area contributed by atoms with Crippen LogP contribution in [-0.4, -0.2) is 26.9 Å². The summed E-state index contributed by atoms with van der Waals surface area (Å²) in [5.41, 5.74) is -2.86. The summed E-state index contributed by atoms with van der Waals surface area (Å²) in [7, 11) is 0. The van der Waals surface area contributed by atoms with Crippen molar-refractivity contribution in [3.05, 3.63) is 75.2 Å². The highest BCUT2D eigenvalue weighted by molar-refractivity contribution is 6.30. The molecule has 0 bridgehead atoms. The summed E-state index contributed by atoms with van der Waals surface area (Å²) >= 11 is 5.54. The van der Waals surface area contributed by atoms with E-state index in [1.54, 1.807) is 0 Å². The van der Waals surface area contributed by atoms with Crippen molar-refractivity contribution in [3.63, 3.8) is 0 Å². The van der Waals surface area contributed by atoms with Crippen LogP contribution in [0.4, 0.5) is 17.6 Å². The van der Waals surface area contributed by atoms with Gasteiger partial charge in [0.05, 0.1) is 23.5 Å². The maximum absolute atomic E-state index is 13.7. The van der Waals surface area contributed by atoms with Gasteiger partial charge >= 0.3 is 12.1 Å². The number of halogens is 5. The van der Waals surface area contributed by atoms with Gasteiger partial charge in [0.15, 0.2) is 5.69 Å². The molecule has 0 aliphatic rings. The molecule has 2 heterocycles. The van der Waals surface area contributed by atoms with E-state index in [2.05, 4.69) is 9.84 Å². The second-order valence-electron chi connectivity index (χ2n) is 5.71. The number of hydrogen-bond donors (Lipinski definition) is 0. The van der Waals surface area contributed by atoms with Gasteiger partial charge in [0.25, 0.3) is 5.56 Å². The molecular weight excluding hydrogens is 442 g/mol. The molecule has 0 atom stereocenters. The molecule has 11 heteroatoms. The molecule has 0 N–H and O–H groups in total. The van der Waals surface area contributed by atoms with Gasteiger partial charge in [-0.1, -0.05) is 25.4 Å². The highest BCUT2D eigenvalue weighted by Gasteiger charge is 2.41. The Labute approximate surface area is 179 Å². The summed E-state index contributed by atoms with van der Waals surface area (Å²) in [5.74, 6) is -2.30. The Balaban J connectivity index is 0.00000166. The number of carbonyl (C=O) groups excluding carboxylic acids is 1. The van der Waals surface area contributed by atoms with Gasteiger partial charge in [0.2, 0.25) is 5.82 Å². The van der Waals surface area contributed by atoms with E-state index in [1.807, 2.05) is 13.8 Å². The van der Waals surface area contributed by atoms with Crippen LogP contribution in [0.25, 0.3) is 11.4 Å². The number of carbonyl (C=O) groups is 1. The van der Waals surface area contributed by atoms with E-state index in [0.29, 0.717) is 4.68 Å². The number of benzene rings is 1. The quantitative estimate of drug-likeness (QED) is 0.405. The van der Waals surface area contributed by atoms with Gasteiger partial charge in [-0.15, -0.1) is 0 Å². The van der Waals surface area contributed by atoms with Gasteiger partial charge in [-0.2, -0.15) is 22.7 Å². The first-order valence-electron chi connectivity index (χ1n) is 9.15. The maximum Gasteiger partial charge on any atom is 0.434 e. The van der Waals surface area contributed by atoms with Gasteiger partial charge in [-0.3, -0.25) is 9.36 Å². The molecule has 0 fully saturated rings. The summed E-state index contributed by atoms with van der Waals surface area (Å²) in [6.07, 6.45) is -2.88. The number of pyridine rings is 1. The average molecular weight is 460 g/mol. The predicted molar refractivity (Wildman–Crippen MR) is 106 cm³/mol. The number of nitrogens with zero attached hydrogens (tertiary/aromatic N) is 3. The largest absolute Gasteiger partial charge is 0.462 e. The van der Waals surface area contributed by atoms with Gasteiger partial charge in [0.1, 0.15) is 5.56 Å². The van der Waals surface area contributed by atoms with Crippen molar-refractivity contribution < 1.29 is 27.1 Å². The van der Waals surface area contributed by atoms with E-state index < -0.39 is 34.8 Å².